The molecule has 2 atom stereocenters. The molecular formula is C14H28N2O. The molecule has 0 radical (unpaired) electrons. The van der Waals surface area contributed by atoms with E-state index in [1.807, 2.05) is 0 Å². The Morgan fingerprint density at radius 1 is 1.41 bits per heavy atom. The third-order valence-electron chi connectivity index (χ3n) is 3.85. The summed E-state index contributed by atoms with van der Waals surface area (Å²) in [5.74, 6) is 0.632. The van der Waals surface area contributed by atoms with Crippen molar-refractivity contribution in [1.82, 2.24) is 10.2 Å². The summed E-state index contributed by atoms with van der Waals surface area (Å²) in [5, 5.41) is 3.35. The first kappa shape index (κ1) is 14.5. The van der Waals surface area contributed by atoms with Gasteiger partial charge in [-0.1, -0.05) is 26.7 Å². The predicted molar refractivity (Wildman–Crippen MR) is 72.0 cm³/mol. The van der Waals surface area contributed by atoms with Crippen LogP contribution in [0.2, 0.25) is 0 Å². The van der Waals surface area contributed by atoms with Crippen LogP contribution in [0, 0.1) is 5.92 Å². The summed E-state index contributed by atoms with van der Waals surface area (Å²) in [6, 6.07) is 0.433. The number of amides is 1. The van der Waals surface area contributed by atoms with Crippen molar-refractivity contribution < 1.29 is 4.79 Å². The number of hydrogen-bond acceptors (Lipinski definition) is 2. The van der Waals surface area contributed by atoms with Crippen LogP contribution < -0.4 is 5.32 Å². The van der Waals surface area contributed by atoms with Crippen molar-refractivity contribution >= 4 is 5.91 Å². The molecular weight excluding hydrogens is 212 g/mol. The van der Waals surface area contributed by atoms with Gasteiger partial charge in [-0.2, -0.15) is 0 Å². The van der Waals surface area contributed by atoms with E-state index in [9.17, 15) is 4.79 Å². The van der Waals surface area contributed by atoms with E-state index in [2.05, 4.69) is 31.0 Å². The molecule has 0 saturated carbocycles. The number of carbonyl (C=O) groups is 1. The molecule has 0 aromatic carbocycles. The Bertz CT molecular complexity index is 224. The Labute approximate surface area is 106 Å². The molecule has 3 heteroatoms. The zero-order chi connectivity index (χ0) is 12.7. The van der Waals surface area contributed by atoms with Gasteiger partial charge in [0, 0.05) is 25.0 Å². The van der Waals surface area contributed by atoms with Crippen molar-refractivity contribution in [1.29, 1.82) is 0 Å². The summed E-state index contributed by atoms with van der Waals surface area (Å²) >= 11 is 0. The monoisotopic (exact) mass is 240 g/mol. The molecule has 17 heavy (non-hydrogen) atoms. The fourth-order valence-corrected chi connectivity index (χ4v) is 2.69. The van der Waals surface area contributed by atoms with Gasteiger partial charge >= 0.3 is 0 Å². The van der Waals surface area contributed by atoms with Crippen molar-refractivity contribution in [2.75, 3.05) is 19.6 Å². The van der Waals surface area contributed by atoms with E-state index in [0.29, 0.717) is 11.9 Å². The van der Waals surface area contributed by atoms with E-state index in [4.69, 9.17) is 0 Å². The smallest absolute Gasteiger partial charge is 0.225 e. The summed E-state index contributed by atoms with van der Waals surface area (Å²) in [4.78, 5) is 14.6. The van der Waals surface area contributed by atoms with E-state index >= 15 is 0 Å². The minimum atomic E-state index is 0.246. The number of nitrogens with one attached hydrogen (secondary N) is 1. The average molecular weight is 240 g/mol. The molecule has 0 bridgehead atoms. The highest BCUT2D eigenvalue weighted by molar-refractivity contribution is 5.79. The van der Waals surface area contributed by atoms with Crippen LogP contribution in [-0.4, -0.2) is 36.5 Å². The van der Waals surface area contributed by atoms with Crippen molar-refractivity contribution in [3.05, 3.63) is 0 Å². The molecule has 1 amide bonds. The number of rotatable bonds is 7. The maximum absolute atomic E-state index is 12.5. The third-order valence-corrected chi connectivity index (χ3v) is 3.85. The minimum absolute atomic E-state index is 0.246. The molecule has 0 aliphatic carbocycles. The van der Waals surface area contributed by atoms with Crippen molar-refractivity contribution in [2.24, 2.45) is 5.92 Å². The lowest BCUT2D eigenvalue weighted by molar-refractivity contribution is -0.137. The fourth-order valence-electron chi connectivity index (χ4n) is 2.69. The number of hydrogen-bond donors (Lipinski definition) is 1. The molecule has 1 fully saturated rings. The molecule has 0 spiro atoms. The van der Waals surface area contributed by atoms with Gasteiger partial charge in [-0.3, -0.25) is 4.79 Å². The number of carbonyl (C=O) groups excluding carboxylic acids is 1. The van der Waals surface area contributed by atoms with Crippen LogP contribution in [-0.2, 0) is 4.79 Å². The summed E-state index contributed by atoms with van der Waals surface area (Å²) < 4.78 is 0. The van der Waals surface area contributed by atoms with Crippen LogP contribution in [0.25, 0.3) is 0 Å². The molecule has 1 N–H and O–H groups in total. The molecule has 1 saturated heterocycles. The van der Waals surface area contributed by atoms with Crippen LogP contribution in [0.3, 0.4) is 0 Å². The first-order chi connectivity index (χ1) is 8.24. The van der Waals surface area contributed by atoms with Gasteiger partial charge < -0.3 is 10.2 Å². The van der Waals surface area contributed by atoms with Crippen molar-refractivity contribution in [3.63, 3.8) is 0 Å². The zero-order valence-electron chi connectivity index (χ0n) is 11.7. The third kappa shape index (κ3) is 3.98. The summed E-state index contributed by atoms with van der Waals surface area (Å²) in [7, 11) is 0. The van der Waals surface area contributed by atoms with Gasteiger partial charge in [-0.25, -0.2) is 0 Å². The zero-order valence-corrected chi connectivity index (χ0v) is 11.7. The molecule has 1 heterocycles. The van der Waals surface area contributed by atoms with Crippen molar-refractivity contribution in [2.45, 2.75) is 58.9 Å². The molecule has 2 unspecified atom stereocenters. The highest BCUT2D eigenvalue weighted by atomic mass is 16.2. The fraction of sp³-hybridized carbons (Fsp3) is 0.929. The molecule has 1 aliphatic heterocycles. The van der Waals surface area contributed by atoms with Crippen molar-refractivity contribution in [3.8, 4) is 0 Å². The molecule has 1 aliphatic rings. The van der Waals surface area contributed by atoms with Gasteiger partial charge in [0.25, 0.3) is 0 Å². The Morgan fingerprint density at radius 2 is 2.18 bits per heavy atom. The maximum Gasteiger partial charge on any atom is 0.225 e. The van der Waals surface area contributed by atoms with Crippen LogP contribution in [0.15, 0.2) is 0 Å². The second kappa shape index (κ2) is 7.70. The number of unbranched alkanes of at least 4 members (excludes halogenated alkanes) is 1. The molecule has 0 aromatic heterocycles. The molecule has 100 valence electrons. The van der Waals surface area contributed by atoms with E-state index in [0.717, 1.165) is 38.9 Å². The van der Waals surface area contributed by atoms with Crippen LogP contribution in [0.5, 0.6) is 0 Å². The van der Waals surface area contributed by atoms with E-state index in [1.165, 1.54) is 12.8 Å². The Kier molecular flexibility index (Phi) is 6.56. The molecule has 3 nitrogen and oxygen atoms in total. The number of likely N-dealkylation sites (N-methyl/N-ethyl adjacent to an activating group) is 1. The Hall–Kier alpha value is -0.570. The first-order valence-corrected chi connectivity index (χ1v) is 7.25. The van der Waals surface area contributed by atoms with Gasteiger partial charge in [-0.15, -0.1) is 0 Å². The van der Waals surface area contributed by atoms with Crippen LogP contribution in [0.4, 0.5) is 0 Å². The topological polar surface area (TPSA) is 32.3 Å². The van der Waals surface area contributed by atoms with Gasteiger partial charge in [0.2, 0.25) is 5.91 Å². The van der Waals surface area contributed by atoms with E-state index < -0.39 is 0 Å². The molecule has 0 aromatic rings. The Balaban J connectivity index is 2.55. The van der Waals surface area contributed by atoms with Gasteiger partial charge in [0.15, 0.2) is 0 Å². The van der Waals surface area contributed by atoms with E-state index in [-0.39, 0.29) is 5.92 Å². The molecule has 1 rings (SSSR count). The predicted octanol–water partition coefficient (Wildman–Crippen LogP) is 2.41. The second-order valence-corrected chi connectivity index (χ2v) is 5.02. The lowest BCUT2D eigenvalue weighted by Crippen LogP contribution is -2.44. The Morgan fingerprint density at radius 3 is 2.65 bits per heavy atom. The SMILES string of the molecule is CCCCC(CC)C(=O)N(CC)C1CCNC1. The maximum atomic E-state index is 12.5. The van der Waals surface area contributed by atoms with E-state index in [1.54, 1.807) is 0 Å². The number of nitrogens with zero attached hydrogens (tertiary/aromatic N) is 1. The summed E-state index contributed by atoms with van der Waals surface area (Å²) in [5.41, 5.74) is 0. The summed E-state index contributed by atoms with van der Waals surface area (Å²) in [6.45, 7) is 9.31. The van der Waals surface area contributed by atoms with Gasteiger partial charge in [-0.05, 0) is 32.7 Å². The highest BCUT2D eigenvalue weighted by Gasteiger charge is 2.28. The second-order valence-electron chi connectivity index (χ2n) is 5.02. The lowest BCUT2D eigenvalue weighted by atomic mass is 9.97. The quantitative estimate of drug-likeness (QED) is 0.741. The first-order valence-electron chi connectivity index (χ1n) is 7.25. The highest BCUT2D eigenvalue weighted by Crippen LogP contribution is 2.19. The lowest BCUT2D eigenvalue weighted by Gasteiger charge is -2.30. The minimum Gasteiger partial charge on any atom is -0.338 e. The summed E-state index contributed by atoms with van der Waals surface area (Å²) in [6.07, 6.45) is 5.51. The van der Waals surface area contributed by atoms with Gasteiger partial charge in [0.05, 0.1) is 0 Å². The normalized spacial score (nSPS) is 21.5. The van der Waals surface area contributed by atoms with Crippen LogP contribution in [0.1, 0.15) is 52.9 Å². The average Bonchev–Trinajstić information content (AvgIpc) is 2.85. The largest absolute Gasteiger partial charge is 0.338 e. The van der Waals surface area contributed by atoms with Gasteiger partial charge in [0.1, 0.15) is 0 Å². The van der Waals surface area contributed by atoms with Crippen LogP contribution >= 0.6 is 0 Å². The standard InChI is InChI=1S/C14H28N2O/c1-4-7-8-12(5-2)14(17)16(6-3)13-9-10-15-11-13/h12-13,15H,4-11H2,1-3H3.